The van der Waals surface area contributed by atoms with Crippen LogP contribution in [0.5, 0.6) is 11.5 Å². The smallest absolute Gasteiger partial charge is 0.196 e. The van der Waals surface area contributed by atoms with Crippen molar-refractivity contribution >= 4 is 5.78 Å². The molecule has 1 spiro atoms. The zero-order chi connectivity index (χ0) is 18.3. The Morgan fingerprint density at radius 3 is 3.04 bits per heavy atom. The predicted molar refractivity (Wildman–Crippen MR) is 93.3 cm³/mol. The minimum absolute atomic E-state index is 0.161. The summed E-state index contributed by atoms with van der Waals surface area (Å²) in [5, 5.41) is 23.1. The van der Waals surface area contributed by atoms with E-state index in [1.54, 1.807) is 25.3 Å². The first kappa shape index (κ1) is 16.1. The number of aliphatic hydroxyl groups is 2. The number of aliphatic hydroxyl groups excluding tert-OH is 1. The van der Waals surface area contributed by atoms with Gasteiger partial charge in [-0.15, -0.1) is 6.58 Å². The lowest BCUT2D eigenvalue weighted by molar-refractivity contribution is -0.175. The highest BCUT2D eigenvalue weighted by atomic mass is 16.5. The summed E-state index contributed by atoms with van der Waals surface area (Å²) in [4.78, 5) is 14.7. The average Bonchev–Trinajstić information content (AvgIpc) is 2.98. The number of likely N-dealkylation sites (tertiary alicyclic amines) is 1. The maximum Gasteiger partial charge on any atom is 0.196 e. The molecule has 2 aliphatic carbocycles. The van der Waals surface area contributed by atoms with E-state index in [1.807, 2.05) is 11.0 Å². The molecule has 2 aliphatic heterocycles. The molecular weight excluding hydrogens is 334 g/mol. The van der Waals surface area contributed by atoms with Crippen LogP contribution in [0.15, 0.2) is 36.9 Å². The first-order chi connectivity index (χ1) is 12.5. The van der Waals surface area contributed by atoms with Crippen LogP contribution in [0.1, 0.15) is 23.7 Å². The van der Waals surface area contributed by atoms with Gasteiger partial charge in [0.25, 0.3) is 0 Å². The number of rotatable bonds is 3. The Labute approximate surface area is 151 Å². The maximum atomic E-state index is 12.7. The molecule has 0 radical (unpaired) electrons. The molecule has 1 fully saturated rings. The summed E-state index contributed by atoms with van der Waals surface area (Å²) in [6.07, 6.45) is 3.56. The largest absolute Gasteiger partial charge is 0.493 e. The van der Waals surface area contributed by atoms with E-state index in [0.717, 1.165) is 5.56 Å². The van der Waals surface area contributed by atoms with Crippen LogP contribution in [-0.2, 0) is 10.2 Å². The average molecular weight is 355 g/mol. The van der Waals surface area contributed by atoms with Crippen molar-refractivity contribution in [1.82, 2.24) is 4.90 Å². The molecule has 6 nitrogen and oxygen atoms in total. The summed E-state index contributed by atoms with van der Waals surface area (Å²) in [7, 11) is 1.54. The van der Waals surface area contributed by atoms with Crippen molar-refractivity contribution in [2.75, 3.05) is 20.2 Å². The minimum Gasteiger partial charge on any atom is -0.493 e. The second-order valence-corrected chi connectivity index (χ2v) is 7.51. The first-order valence-corrected chi connectivity index (χ1v) is 8.86. The van der Waals surface area contributed by atoms with Crippen molar-refractivity contribution in [2.45, 2.75) is 35.7 Å². The third kappa shape index (κ3) is 1.53. The number of hydrogen-bond donors (Lipinski definition) is 2. The molecule has 5 rings (SSSR count). The van der Waals surface area contributed by atoms with E-state index in [1.165, 1.54) is 6.08 Å². The molecule has 1 aromatic carbocycles. The van der Waals surface area contributed by atoms with Gasteiger partial charge in [0, 0.05) is 18.7 Å². The molecular formula is C20H21NO5. The Morgan fingerprint density at radius 1 is 1.50 bits per heavy atom. The molecule has 26 heavy (non-hydrogen) atoms. The van der Waals surface area contributed by atoms with Gasteiger partial charge in [0.1, 0.15) is 5.60 Å². The van der Waals surface area contributed by atoms with E-state index in [-0.39, 0.29) is 5.78 Å². The zero-order valence-corrected chi connectivity index (χ0v) is 14.5. The quantitative estimate of drug-likeness (QED) is 0.784. The van der Waals surface area contributed by atoms with E-state index >= 15 is 0 Å². The first-order valence-electron chi connectivity index (χ1n) is 8.86. The molecule has 0 saturated carbocycles. The van der Waals surface area contributed by atoms with Gasteiger partial charge >= 0.3 is 0 Å². The van der Waals surface area contributed by atoms with Crippen molar-refractivity contribution in [3.05, 3.63) is 48.1 Å². The van der Waals surface area contributed by atoms with Crippen molar-refractivity contribution in [3.63, 3.8) is 0 Å². The van der Waals surface area contributed by atoms with Gasteiger partial charge in [0.05, 0.1) is 24.7 Å². The molecule has 2 bridgehead atoms. The third-order valence-electron chi connectivity index (χ3n) is 6.60. The van der Waals surface area contributed by atoms with Crippen LogP contribution < -0.4 is 9.47 Å². The Bertz CT molecular complexity index is 864. The molecule has 6 heteroatoms. The lowest BCUT2D eigenvalue weighted by atomic mass is 9.50. The number of nitrogens with zero attached hydrogens (tertiary/aromatic N) is 1. The number of methoxy groups -OCH3 is 1. The number of carbonyl (C=O) groups excluding carboxylic acids is 1. The van der Waals surface area contributed by atoms with Crippen LogP contribution in [0.2, 0.25) is 0 Å². The molecule has 5 atom stereocenters. The van der Waals surface area contributed by atoms with E-state index in [2.05, 4.69) is 6.58 Å². The summed E-state index contributed by atoms with van der Waals surface area (Å²) >= 11 is 0. The number of ketones is 1. The summed E-state index contributed by atoms with van der Waals surface area (Å²) in [5.41, 5.74) is -0.880. The fraction of sp³-hybridized carbons (Fsp3) is 0.450. The molecule has 2 heterocycles. The monoisotopic (exact) mass is 355 g/mol. The van der Waals surface area contributed by atoms with Gasteiger partial charge in [-0.05, 0) is 30.2 Å². The molecule has 2 N–H and O–H groups in total. The van der Waals surface area contributed by atoms with Crippen LogP contribution in [-0.4, -0.2) is 58.8 Å². The predicted octanol–water partition coefficient (Wildman–Crippen LogP) is 0.871. The molecule has 1 aromatic rings. The van der Waals surface area contributed by atoms with Crippen molar-refractivity contribution in [3.8, 4) is 11.5 Å². The van der Waals surface area contributed by atoms with Gasteiger partial charge in [-0.2, -0.15) is 0 Å². The van der Waals surface area contributed by atoms with E-state index in [4.69, 9.17) is 9.47 Å². The molecule has 4 aliphatic rings. The van der Waals surface area contributed by atoms with E-state index in [9.17, 15) is 15.0 Å². The van der Waals surface area contributed by atoms with E-state index in [0.29, 0.717) is 36.6 Å². The molecule has 0 unspecified atom stereocenters. The number of hydrogen-bond acceptors (Lipinski definition) is 6. The van der Waals surface area contributed by atoms with Gasteiger partial charge in [0.15, 0.2) is 23.4 Å². The highest BCUT2D eigenvalue weighted by molar-refractivity contribution is 5.99. The fourth-order valence-electron chi connectivity index (χ4n) is 5.61. The Kier molecular flexibility index (Phi) is 3.07. The van der Waals surface area contributed by atoms with Crippen LogP contribution in [0.25, 0.3) is 0 Å². The topological polar surface area (TPSA) is 79.2 Å². The lowest BCUT2D eigenvalue weighted by Gasteiger charge is -2.61. The number of carbonyl (C=O) groups is 1. The summed E-state index contributed by atoms with van der Waals surface area (Å²) in [6, 6.07) is 3.00. The second-order valence-electron chi connectivity index (χ2n) is 7.51. The molecule has 1 saturated heterocycles. The van der Waals surface area contributed by atoms with Crippen molar-refractivity contribution < 1.29 is 24.5 Å². The minimum atomic E-state index is -1.41. The zero-order valence-electron chi connectivity index (χ0n) is 14.5. The van der Waals surface area contributed by atoms with Crippen LogP contribution in [0.4, 0.5) is 0 Å². The Hall–Kier alpha value is -2.15. The SMILES string of the molecule is C=CCN1CC[C@]23c4c5ccc(OC)c4O[C@H]2C(=O)C=C[C@@]3(O)[C@H]1[C@H]5O. The van der Waals surface area contributed by atoms with Crippen LogP contribution in [0, 0.1) is 0 Å². The molecule has 0 amide bonds. The van der Waals surface area contributed by atoms with Crippen LogP contribution >= 0.6 is 0 Å². The standard InChI is InChI=1S/C20H21NO5/c1-3-9-21-10-8-19-14-11-4-5-13(25-2)16(14)26-18(19)12(22)6-7-20(19,24)17(21)15(11)23/h3-7,15,17-18,23-24H,1,8-10H2,2H3/t15-,17+,18-,19-,20+/m0/s1. The fourth-order valence-corrected chi connectivity index (χ4v) is 5.61. The van der Waals surface area contributed by atoms with Gasteiger partial charge < -0.3 is 19.7 Å². The Balaban J connectivity index is 1.85. The third-order valence-corrected chi connectivity index (χ3v) is 6.60. The number of ether oxygens (including phenoxy) is 2. The summed E-state index contributed by atoms with van der Waals surface area (Å²) in [5.74, 6) is 0.827. The lowest BCUT2D eigenvalue weighted by Crippen LogP contribution is -2.76. The van der Waals surface area contributed by atoms with Crippen molar-refractivity contribution in [2.24, 2.45) is 0 Å². The number of piperidine rings is 1. The summed E-state index contributed by atoms with van der Waals surface area (Å²) in [6.45, 7) is 4.98. The Morgan fingerprint density at radius 2 is 2.31 bits per heavy atom. The molecule has 136 valence electrons. The van der Waals surface area contributed by atoms with Gasteiger partial charge in [-0.25, -0.2) is 0 Å². The second kappa shape index (κ2) is 4.97. The normalized spacial score (nSPS) is 39.3. The van der Waals surface area contributed by atoms with Crippen molar-refractivity contribution in [1.29, 1.82) is 0 Å². The molecule has 0 aromatic heterocycles. The highest BCUT2D eigenvalue weighted by Gasteiger charge is 2.73. The summed E-state index contributed by atoms with van der Waals surface area (Å²) < 4.78 is 11.5. The van der Waals surface area contributed by atoms with Gasteiger partial charge in [-0.1, -0.05) is 12.1 Å². The van der Waals surface area contributed by atoms with Crippen LogP contribution in [0.3, 0.4) is 0 Å². The maximum absolute atomic E-state index is 12.7. The van der Waals surface area contributed by atoms with E-state index < -0.39 is 29.3 Å². The highest BCUT2D eigenvalue weighted by Crippen LogP contribution is 2.65. The van der Waals surface area contributed by atoms with Gasteiger partial charge in [0.2, 0.25) is 0 Å². The van der Waals surface area contributed by atoms with Gasteiger partial charge in [-0.3, -0.25) is 9.69 Å². The number of benzene rings is 1.